The molecule has 86 valence electrons. The summed E-state index contributed by atoms with van der Waals surface area (Å²) >= 11 is 5.76. The topological polar surface area (TPSA) is 42.4 Å². The van der Waals surface area contributed by atoms with Crippen LogP contribution in [0.2, 0.25) is 5.15 Å². The van der Waals surface area contributed by atoms with E-state index < -0.39 is 0 Å². The number of carbonyl (C=O) groups is 1. The molecule has 1 amide bonds. The number of amides is 1. The molecule has 5 heteroatoms. The van der Waals surface area contributed by atoms with Crippen molar-refractivity contribution in [2.24, 2.45) is 0 Å². The van der Waals surface area contributed by atoms with Crippen molar-refractivity contribution in [2.75, 3.05) is 13.7 Å². The number of hydrogen-bond donors (Lipinski definition) is 0. The van der Waals surface area contributed by atoms with Gasteiger partial charge in [0.2, 0.25) is 0 Å². The molecule has 1 aliphatic rings. The number of aromatic nitrogens is 1. The molecular formula is C11H13ClN2O2. The van der Waals surface area contributed by atoms with E-state index in [4.69, 9.17) is 16.3 Å². The molecule has 16 heavy (non-hydrogen) atoms. The number of pyridine rings is 1. The number of nitrogens with zero attached hydrogens (tertiary/aromatic N) is 2. The predicted molar refractivity (Wildman–Crippen MR) is 60.5 cm³/mol. The van der Waals surface area contributed by atoms with Gasteiger partial charge >= 0.3 is 0 Å². The van der Waals surface area contributed by atoms with Gasteiger partial charge in [-0.25, -0.2) is 4.98 Å². The van der Waals surface area contributed by atoms with Crippen molar-refractivity contribution in [3.63, 3.8) is 0 Å². The Morgan fingerprint density at radius 2 is 2.44 bits per heavy atom. The van der Waals surface area contributed by atoms with E-state index in [1.54, 1.807) is 24.3 Å². The maximum absolute atomic E-state index is 12.0. The number of carbonyl (C=O) groups excluding carboxylic acids is 1. The van der Waals surface area contributed by atoms with Gasteiger partial charge in [0.15, 0.2) is 0 Å². The summed E-state index contributed by atoms with van der Waals surface area (Å²) in [5.41, 5.74) is 1.58. The second-order valence-corrected chi connectivity index (χ2v) is 4.28. The van der Waals surface area contributed by atoms with E-state index in [9.17, 15) is 4.79 Å². The van der Waals surface area contributed by atoms with Crippen LogP contribution in [0.1, 0.15) is 22.8 Å². The summed E-state index contributed by atoms with van der Waals surface area (Å²) in [7, 11) is 1.64. The molecule has 1 atom stereocenters. The molecule has 1 aromatic heterocycles. The van der Waals surface area contributed by atoms with Crippen molar-refractivity contribution in [1.82, 2.24) is 9.88 Å². The lowest BCUT2D eigenvalue weighted by molar-refractivity contribution is 0.0558. The van der Waals surface area contributed by atoms with E-state index in [0.717, 1.165) is 5.56 Å². The monoisotopic (exact) mass is 240 g/mol. The molecule has 0 radical (unpaired) electrons. The van der Waals surface area contributed by atoms with Gasteiger partial charge in [0, 0.05) is 37.5 Å². The molecular weight excluding hydrogens is 228 g/mol. The minimum atomic E-state index is 0.00296. The quantitative estimate of drug-likeness (QED) is 0.756. The van der Waals surface area contributed by atoms with E-state index in [1.165, 1.54) is 0 Å². The molecule has 4 nitrogen and oxygen atoms in total. The van der Waals surface area contributed by atoms with Gasteiger partial charge < -0.3 is 9.64 Å². The van der Waals surface area contributed by atoms with Gasteiger partial charge in [-0.1, -0.05) is 11.6 Å². The van der Waals surface area contributed by atoms with E-state index in [2.05, 4.69) is 4.98 Å². The fourth-order valence-electron chi connectivity index (χ4n) is 1.76. The van der Waals surface area contributed by atoms with Gasteiger partial charge in [-0.15, -0.1) is 0 Å². The Labute approximate surface area is 99.2 Å². The number of ether oxygens (including phenoxy) is 1. The van der Waals surface area contributed by atoms with Crippen LogP contribution in [-0.2, 0) is 11.3 Å². The molecule has 1 aromatic rings. The third kappa shape index (κ3) is 2.03. The SMILES string of the molecule is COC(C)CN1Cc2cnc(Cl)cc2C1=O. The first-order valence-corrected chi connectivity index (χ1v) is 5.46. The summed E-state index contributed by atoms with van der Waals surface area (Å²) in [4.78, 5) is 17.7. The second kappa shape index (κ2) is 4.39. The van der Waals surface area contributed by atoms with Crippen LogP contribution in [0.15, 0.2) is 12.3 Å². The molecule has 1 unspecified atom stereocenters. The Kier molecular flexibility index (Phi) is 3.12. The van der Waals surface area contributed by atoms with Crippen molar-refractivity contribution in [1.29, 1.82) is 0 Å². The number of halogens is 1. The summed E-state index contributed by atoms with van der Waals surface area (Å²) < 4.78 is 5.15. The average Bonchev–Trinajstić information content (AvgIpc) is 2.56. The van der Waals surface area contributed by atoms with Gasteiger partial charge in [0.25, 0.3) is 5.91 Å². The summed E-state index contributed by atoms with van der Waals surface area (Å²) in [6, 6.07) is 1.62. The van der Waals surface area contributed by atoms with Crippen molar-refractivity contribution in [3.8, 4) is 0 Å². The third-order valence-corrected chi connectivity index (χ3v) is 2.92. The van der Waals surface area contributed by atoms with Crippen molar-refractivity contribution < 1.29 is 9.53 Å². The van der Waals surface area contributed by atoms with Crippen LogP contribution in [0, 0.1) is 0 Å². The van der Waals surface area contributed by atoms with Crippen LogP contribution in [0.3, 0.4) is 0 Å². The summed E-state index contributed by atoms with van der Waals surface area (Å²) in [5.74, 6) is 0.00296. The normalized spacial score (nSPS) is 16.4. The first kappa shape index (κ1) is 11.4. The van der Waals surface area contributed by atoms with Crippen LogP contribution in [0.25, 0.3) is 0 Å². The first-order valence-electron chi connectivity index (χ1n) is 5.08. The lowest BCUT2D eigenvalue weighted by Gasteiger charge is -2.19. The zero-order valence-electron chi connectivity index (χ0n) is 9.24. The van der Waals surface area contributed by atoms with E-state index in [-0.39, 0.29) is 12.0 Å². The zero-order valence-corrected chi connectivity index (χ0v) is 9.99. The molecule has 0 spiro atoms. The van der Waals surface area contributed by atoms with E-state index in [1.807, 2.05) is 6.92 Å². The minimum Gasteiger partial charge on any atom is -0.380 e. The van der Waals surface area contributed by atoms with Crippen LogP contribution in [0.4, 0.5) is 0 Å². The molecule has 0 N–H and O–H groups in total. The average molecular weight is 241 g/mol. The lowest BCUT2D eigenvalue weighted by Crippen LogP contribution is -2.32. The lowest BCUT2D eigenvalue weighted by atomic mass is 10.2. The fraction of sp³-hybridized carbons (Fsp3) is 0.455. The van der Waals surface area contributed by atoms with Crippen LogP contribution in [-0.4, -0.2) is 35.5 Å². The number of rotatable bonds is 3. The number of hydrogen-bond acceptors (Lipinski definition) is 3. The fourth-order valence-corrected chi connectivity index (χ4v) is 1.92. The number of fused-ring (bicyclic) bond motifs is 1. The highest BCUT2D eigenvalue weighted by Crippen LogP contribution is 2.24. The Bertz CT molecular complexity index is 422. The van der Waals surface area contributed by atoms with Gasteiger partial charge in [-0.3, -0.25) is 4.79 Å². The molecule has 0 aliphatic carbocycles. The van der Waals surface area contributed by atoms with Crippen LogP contribution in [0.5, 0.6) is 0 Å². The maximum atomic E-state index is 12.0. The third-order valence-electron chi connectivity index (χ3n) is 2.71. The summed E-state index contributed by atoms with van der Waals surface area (Å²) in [6.45, 7) is 3.11. The van der Waals surface area contributed by atoms with Gasteiger partial charge in [-0.05, 0) is 13.0 Å². The highest BCUT2D eigenvalue weighted by atomic mass is 35.5. The molecule has 0 fully saturated rings. The second-order valence-electron chi connectivity index (χ2n) is 3.90. The summed E-state index contributed by atoms with van der Waals surface area (Å²) in [5, 5.41) is 0.355. The molecule has 2 rings (SSSR count). The van der Waals surface area contributed by atoms with Crippen LogP contribution >= 0.6 is 11.6 Å². The van der Waals surface area contributed by atoms with Crippen LogP contribution < -0.4 is 0 Å². The molecule has 0 saturated carbocycles. The van der Waals surface area contributed by atoms with Gasteiger partial charge in [0.1, 0.15) is 5.15 Å². The minimum absolute atomic E-state index is 0.00296. The van der Waals surface area contributed by atoms with E-state index in [0.29, 0.717) is 23.8 Å². The standard InChI is InChI=1S/C11H13ClN2O2/c1-7(16-2)5-14-6-8-4-13-10(12)3-9(8)11(14)15/h3-4,7H,5-6H2,1-2H3. The number of methoxy groups -OCH3 is 1. The Morgan fingerprint density at radius 3 is 3.12 bits per heavy atom. The molecule has 0 bridgehead atoms. The Balaban J connectivity index is 2.18. The van der Waals surface area contributed by atoms with Gasteiger partial charge in [0.05, 0.1) is 6.10 Å². The highest BCUT2D eigenvalue weighted by molar-refractivity contribution is 6.29. The first-order chi connectivity index (χ1) is 7.61. The zero-order chi connectivity index (χ0) is 11.7. The molecule has 0 saturated heterocycles. The van der Waals surface area contributed by atoms with Gasteiger partial charge in [-0.2, -0.15) is 0 Å². The Morgan fingerprint density at radius 1 is 1.69 bits per heavy atom. The van der Waals surface area contributed by atoms with Crippen molar-refractivity contribution >= 4 is 17.5 Å². The molecule has 1 aliphatic heterocycles. The van der Waals surface area contributed by atoms with E-state index >= 15 is 0 Å². The smallest absolute Gasteiger partial charge is 0.254 e. The Hall–Kier alpha value is -1.13. The highest BCUT2D eigenvalue weighted by Gasteiger charge is 2.28. The largest absolute Gasteiger partial charge is 0.380 e. The maximum Gasteiger partial charge on any atom is 0.254 e. The molecule has 2 heterocycles. The predicted octanol–water partition coefficient (Wildman–Crippen LogP) is 1.73. The van der Waals surface area contributed by atoms with Crippen molar-refractivity contribution in [3.05, 3.63) is 28.5 Å². The van der Waals surface area contributed by atoms with Crippen molar-refractivity contribution in [2.45, 2.75) is 19.6 Å². The molecule has 0 aromatic carbocycles. The summed E-state index contributed by atoms with van der Waals surface area (Å²) in [6.07, 6.45) is 1.69.